The summed E-state index contributed by atoms with van der Waals surface area (Å²) < 4.78 is 8.04. The molecule has 0 bridgehead atoms. The molecule has 0 saturated heterocycles. The summed E-state index contributed by atoms with van der Waals surface area (Å²) >= 11 is 6.08. The monoisotopic (exact) mass is 399 g/mol. The van der Waals surface area contributed by atoms with Gasteiger partial charge >= 0.3 is 0 Å². The molecular weight excluding hydrogens is 374 g/mol. The maximum atomic E-state index is 12.0. The van der Waals surface area contributed by atoms with Crippen molar-refractivity contribution in [3.8, 4) is 5.75 Å². The summed E-state index contributed by atoms with van der Waals surface area (Å²) in [5.41, 5.74) is 2.93. The van der Waals surface area contributed by atoms with Crippen molar-refractivity contribution in [2.75, 3.05) is 6.61 Å². The number of benzene rings is 2. The summed E-state index contributed by atoms with van der Waals surface area (Å²) in [7, 11) is 0. The van der Waals surface area contributed by atoms with Crippen molar-refractivity contribution in [1.82, 2.24) is 14.9 Å². The maximum absolute atomic E-state index is 12.0. The quantitative estimate of drug-likeness (QED) is 0.576. The van der Waals surface area contributed by atoms with Crippen molar-refractivity contribution >= 4 is 28.5 Å². The lowest BCUT2D eigenvalue weighted by Gasteiger charge is -2.17. The highest BCUT2D eigenvalue weighted by Crippen LogP contribution is 2.23. The van der Waals surface area contributed by atoms with Crippen LogP contribution in [0.3, 0.4) is 0 Å². The minimum absolute atomic E-state index is 0.0431. The number of imidazole rings is 1. The molecule has 2 aromatic carbocycles. The summed E-state index contributed by atoms with van der Waals surface area (Å²) in [6, 6.07) is 13.5. The Labute approximate surface area is 170 Å². The largest absolute Gasteiger partial charge is 0.492 e. The predicted molar refractivity (Wildman–Crippen MR) is 113 cm³/mol. The van der Waals surface area contributed by atoms with Crippen LogP contribution < -0.4 is 10.1 Å². The summed E-state index contributed by atoms with van der Waals surface area (Å²) in [5, 5.41) is 3.77. The van der Waals surface area contributed by atoms with Crippen LogP contribution >= 0.6 is 11.6 Å². The molecule has 148 valence electrons. The Morgan fingerprint density at radius 2 is 2.07 bits per heavy atom. The smallest absolute Gasteiger partial charge is 0.220 e. The SMILES string of the molecule is CCCC(=O)NC(C)c1nc2ccccc2n1CCOc1ccc(Cl)c(C)c1. The predicted octanol–water partition coefficient (Wildman–Crippen LogP) is 5.05. The minimum atomic E-state index is -0.177. The number of para-hydroxylation sites is 2. The highest BCUT2D eigenvalue weighted by molar-refractivity contribution is 6.31. The van der Waals surface area contributed by atoms with Gasteiger partial charge < -0.3 is 14.6 Å². The van der Waals surface area contributed by atoms with Crippen LogP contribution in [0.4, 0.5) is 0 Å². The molecule has 1 atom stereocenters. The van der Waals surface area contributed by atoms with Gasteiger partial charge in [0.2, 0.25) is 5.91 Å². The van der Waals surface area contributed by atoms with Crippen molar-refractivity contribution in [3.05, 3.63) is 58.9 Å². The summed E-state index contributed by atoms with van der Waals surface area (Å²) in [6.07, 6.45) is 1.34. The summed E-state index contributed by atoms with van der Waals surface area (Å²) in [4.78, 5) is 16.8. The Kier molecular flexibility index (Phi) is 6.57. The number of nitrogens with zero attached hydrogens (tertiary/aromatic N) is 2. The molecular formula is C22H26ClN3O2. The van der Waals surface area contributed by atoms with Gasteiger partial charge in [0, 0.05) is 11.4 Å². The third kappa shape index (κ3) is 4.65. The van der Waals surface area contributed by atoms with E-state index in [4.69, 9.17) is 21.3 Å². The number of hydrogen-bond acceptors (Lipinski definition) is 3. The van der Waals surface area contributed by atoms with Crippen LogP contribution in [0.1, 0.15) is 44.1 Å². The second-order valence-electron chi connectivity index (χ2n) is 6.91. The fraction of sp³-hybridized carbons (Fsp3) is 0.364. The molecule has 5 nitrogen and oxygen atoms in total. The Bertz CT molecular complexity index is 968. The van der Waals surface area contributed by atoms with Crippen LogP contribution in [-0.2, 0) is 11.3 Å². The van der Waals surface area contributed by atoms with E-state index in [1.54, 1.807) is 0 Å². The number of carbonyl (C=O) groups is 1. The maximum Gasteiger partial charge on any atom is 0.220 e. The second-order valence-corrected chi connectivity index (χ2v) is 7.32. The molecule has 0 aliphatic heterocycles. The van der Waals surface area contributed by atoms with Gasteiger partial charge in [0.1, 0.15) is 18.2 Å². The third-order valence-electron chi connectivity index (χ3n) is 4.64. The van der Waals surface area contributed by atoms with Gasteiger partial charge in [0.25, 0.3) is 0 Å². The zero-order chi connectivity index (χ0) is 20.1. The van der Waals surface area contributed by atoms with E-state index in [1.807, 2.05) is 63.2 Å². The van der Waals surface area contributed by atoms with Crippen molar-refractivity contribution in [3.63, 3.8) is 0 Å². The lowest BCUT2D eigenvalue weighted by Crippen LogP contribution is -2.28. The molecule has 1 heterocycles. The first-order valence-corrected chi connectivity index (χ1v) is 10.0. The number of nitrogens with one attached hydrogen (secondary N) is 1. The highest BCUT2D eigenvalue weighted by atomic mass is 35.5. The summed E-state index contributed by atoms with van der Waals surface area (Å²) in [6.45, 7) is 7.04. The Morgan fingerprint density at radius 1 is 1.29 bits per heavy atom. The third-order valence-corrected chi connectivity index (χ3v) is 5.06. The van der Waals surface area contributed by atoms with Crippen LogP contribution in [0.25, 0.3) is 11.0 Å². The van der Waals surface area contributed by atoms with Crippen LogP contribution in [-0.4, -0.2) is 22.1 Å². The fourth-order valence-corrected chi connectivity index (χ4v) is 3.34. The van der Waals surface area contributed by atoms with Crippen LogP contribution in [0.5, 0.6) is 5.75 Å². The van der Waals surface area contributed by atoms with Crippen molar-refractivity contribution in [2.45, 2.75) is 46.2 Å². The standard InChI is InChI=1S/C22H26ClN3O2/c1-4-7-21(27)24-16(3)22-25-19-8-5-6-9-20(19)26(22)12-13-28-17-10-11-18(23)15(2)14-17/h5-6,8-11,14,16H,4,7,12-13H2,1-3H3,(H,24,27). The van der Waals surface area contributed by atoms with Gasteiger partial charge in [-0.2, -0.15) is 0 Å². The minimum Gasteiger partial charge on any atom is -0.492 e. The first kappa shape index (κ1) is 20.2. The molecule has 0 radical (unpaired) electrons. The van der Waals surface area contributed by atoms with Crippen LogP contribution in [0.2, 0.25) is 5.02 Å². The second kappa shape index (κ2) is 9.11. The zero-order valence-electron chi connectivity index (χ0n) is 16.5. The number of rotatable bonds is 8. The van der Waals surface area contributed by atoms with E-state index in [9.17, 15) is 4.79 Å². The molecule has 3 aromatic rings. The van der Waals surface area contributed by atoms with Gasteiger partial charge in [-0.25, -0.2) is 4.98 Å². The van der Waals surface area contributed by atoms with E-state index in [0.717, 1.165) is 39.6 Å². The number of halogens is 1. The number of aryl methyl sites for hydroxylation is 1. The van der Waals surface area contributed by atoms with Crippen LogP contribution in [0, 0.1) is 6.92 Å². The van der Waals surface area contributed by atoms with Crippen molar-refractivity contribution in [2.24, 2.45) is 0 Å². The first-order valence-electron chi connectivity index (χ1n) is 9.63. The molecule has 3 rings (SSSR count). The number of hydrogen-bond donors (Lipinski definition) is 1. The van der Waals surface area contributed by atoms with Gasteiger partial charge in [-0.3, -0.25) is 4.79 Å². The molecule has 0 saturated carbocycles. The molecule has 0 aliphatic rings. The molecule has 0 aliphatic carbocycles. The molecule has 1 amide bonds. The molecule has 28 heavy (non-hydrogen) atoms. The first-order chi connectivity index (χ1) is 13.5. The normalized spacial score (nSPS) is 12.1. The molecule has 6 heteroatoms. The lowest BCUT2D eigenvalue weighted by molar-refractivity contribution is -0.121. The van der Waals surface area contributed by atoms with Crippen molar-refractivity contribution < 1.29 is 9.53 Å². The van der Waals surface area contributed by atoms with E-state index in [2.05, 4.69) is 9.88 Å². The van der Waals surface area contributed by atoms with Crippen molar-refractivity contribution in [1.29, 1.82) is 0 Å². The topological polar surface area (TPSA) is 56.2 Å². The number of fused-ring (bicyclic) bond motifs is 1. The van der Waals surface area contributed by atoms with Gasteiger partial charge in [0.15, 0.2) is 0 Å². The van der Waals surface area contributed by atoms with E-state index in [0.29, 0.717) is 19.6 Å². The highest BCUT2D eigenvalue weighted by Gasteiger charge is 2.18. The Morgan fingerprint density at radius 3 is 2.82 bits per heavy atom. The van der Waals surface area contributed by atoms with Gasteiger partial charge in [-0.15, -0.1) is 0 Å². The Balaban J connectivity index is 1.78. The van der Waals surface area contributed by atoms with E-state index < -0.39 is 0 Å². The molecule has 1 unspecified atom stereocenters. The molecule has 1 N–H and O–H groups in total. The van der Waals surface area contributed by atoms with E-state index in [1.165, 1.54) is 0 Å². The number of carbonyl (C=O) groups excluding carboxylic acids is 1. The van der Waals surface area contributed by atoms with Gasteiger partial charge in [-0.1, -0.05) is 30.7 Å². The van der Waals surface area contributed by atoms with Crippen LogP contribution in [0.15, 0.2) is 42.5 Å². The van der Waals surface area contributed by atoms with Gasteiger partial charge in [0.05, 0.1) is 23.6 Å². The number of aromatic nitrogens is 2. The molecule has 0 spiro atoms. The average molecular weight is 400 g/mol. The molecule has 1 aromatic heterocycles. The average Bonchev–Trinajstić information content (AvgIpc) is 3.04. The number of amides is 1. The van der Waals surface area contributed by atoms with E-state index >= 15 is 0 Å². The number of ether oxygens (including phenoxy) is 1. The Hall–Kier alpha value is -2.53. The molecule has 0 fully saturated rings. The zero-order valence-corrected chi connectivity index (χ0v) is 17.3. The lowest BCUT2D eigenvalue weighted by atomic mass is 10.2. The van der Waals surface area contributed by atoms with E-state index in [-0.39, 0.29) is 11.9 Å². The van der Waals surface area contributed by atoms with Gasteiger partial charge in [-0.05, 0) is 56.2 Å². The summed E-state index contributed by atoms with van der Waals surface area (Å²) in [5.74, 6) is 1.67. The fourth-order valence-electron chi connectivity index (χ4n) is 3.23.